The van der Waals surface area contributed by atoms with Crippen LogP contribution in [0.25, 0.3) is 0 Å². The zero-order valence-electron chi connectivity index (χ0n) is 13.0. The third-order valence-corrected chi connectivity index (χ3v) is 4.31. The highest BCUT2D eigenvalue weighted by Crippen LogP contribution is 2.10. The number of rotatable bonds is 5. The van der Waals surface area contributed by atoms with E-state index in [0.717, 1.165) is 0 Å². The van der Waals surface area contributed by atoms with Crippen LogP contribution < -0.4 is 4.72 Å². The van der Waals surface area contributed by atoms with Crippen LogP contribution in [-0.4, -0.2) is 73.3 Å². The molecule has 8 nitrogen and oxygen atoms in total. The highest BCUT2D eigenvalue weighted by molar-refractivity contribution is 7.87. The maximum atomic E-state index is 12.0. The molecule has 0 radical (unpaired) electrons. The van der Waals surface area contributed by atoms with Crippen molar-refractivity contribution in [3.05, 3.63) is 0 Å². The molecule has 1 fully saturated rings. The molecular weight excluding hydrogens is 298 g/mol. The van der Waals surface area contributed by atoms with Crippen LogP contribution in [0.3, 0.4) is 0 Å². The summed E-state index contributed by atoms with van der Waals surface area (Å²) in [7, 11) is -3.88. The summed E-state index contributed by atoms with van der Waals surface area (Å²) in [6.07, 6.45) is -1.35. The number of nitrogens with zero attached hydrogens (tertiary/aromatic N) is 2. The summed E-state index contributed by atoms with van der Waals surface area (Å²) < 4.78 is 31.9. The second-order valence-electron chi connectivity index (χ2n) is 6.05. The molecule has 9 heteroatoms. The van der Waals surface area contributed by atoms with Crippen LogP contribution >= 0.6 is 0 Å². The molecule has 0 aromatic rings. The van der Waals surface area contributed by atoms with Gasteiger partial charge in [-0.25, -0.2) is 9.52 Å². The molecule has 0 aromatic carbocycles. The number of ether oxygens (including phenoxy) is 1. The highest BCUT2D eigenvalue weighted by atomic mass is 32.2. The normalized spacial score (nSPS) is 18.8. The van der Waals surface area contributed by atoms with Crippen molar-refractivity contribution < 1.29 is 23.1 Å². The van der Waals surface area contributed by atoms with E-state index in [1.807, 2.05) is 9.62 Å². The maximum absolute atomic E-state index is 12.0. The Morgan fingerprint density at radius 3 is 2.24 bits per heavy atom. The first kappa shape index (κ1) is 18.1. The third kappa shape index (κ3) is 6.60. The molecule has 21 heavy (non-hydrogen) atoms. The predicted octanol–water partition coefficient (Wildman–Crippen LogP) is -0.246. The van der Waals surface area contributed by atoms with Crippen molar-refractivity contribution in [2.75, 3.05) is 32.7 Å². The number of piperazine rings is 1. The molecule has 0 atom stereocenters. The van der Waals surface area contributed by atoms with Gasteiger partial charge in [0.15, 0.2) is 0 Å². The fraction of sp³-hybridized carbons (Fsp3) is 0.917. The van der Waals surface area contributed by atoms with Gasteiger partial charge >= 0.3 is 16.3 Å². The molecule has 0 spiro atoms. The zero-order valence-corrected chi connectivity index (χ0v) is 13.8. The standard InChI is InChI=1S/C12H25N3O5S/c1-10(2)20-11(16)13-21(18,19)15-7-5-14(6-8-15)9-12(3,4)17/h10,17H,5-9H2,1-4H3,(H,13,16). The van der Waals surface area contributed by atoms with E-state index in [1.165, 1.54) is 4.31 Å². The van der Waals surface area contributed by atoms with Gasteiger partial charge in [0.05, 0.1) is 11.7 Å². The molecule has 1 heterocycles. The molecule has 0 unspecified atom stereocenters. The Bertz CT molecular complexity index is 450. The quantitative estimate of drug-likeness (QED) is 0.724. The summed E-state index contributed by atoms with van der Waals surface area (Å²) in [5.74, 6) is 0. The Labute approximate surface area is 126 Å². The summed E-state index contributed by atoms with van der Waals surface area (Å²) in [5, 5.41) is 9.75. The van der Waals surface area contributed by atoms with E-state index < -0.39 is 21.9 Å². The van der Waals surface area contributed by atoms with E-state index in [1.54, 1.807) is 27.7 Å². The van der Waals surface area contributed by atoms with E-state index in [0.29, 0.717) is 19.6 Å². The van der Waals surface area contributed by atoms with Gasteiger partial charge in [-0.3, -0.25) is 4.90 Å². The lowest BCUT2D eigenvalue weighted by Crippen LogP contribution is -2.55. The second-order valence-corrected chi connectivity index (χ2v) is 7.72. The fourth-order valence-corrected chi connectivity index (χ4v) is 3.12. The van der Waals surface area contributed by atoms with E-state index >= 15 is 0 Å². The van der Waals surface area contributed by atoms with Gasteiger partial charge in [-0.2, -0.15) is 12.7 Å². The minimum atomic E-state index is -3.88. The van der Waals surface area contributed by atoms with E-state index in [-0.39, 0.29) is 19.2 Å². The van der Waals surface area contributed by atoms with Crippen LogP contribution in [0, 0.1) is 0 Å². The van der Waals surface area contributed by atoms with Gasteiger partial charge in [0.2, 0.25) is 0 Å². The van der Waals surface area contributed by atoms with E-state index in [4.69, 9.17) is 4.74 Å². The number of hydrogen-bond donors (Lipinski definition) is 2. The van der Waals surface area contributed by atoms with Crippen LogP contribution in [0.4, 0.5) is 4.79 Å². The Hall–Kier alpha value is -0.900. The first-order valence-corrected chi connectivity index (χ1v) is 8.37. The summed E-state index contributed by atoms with van der Waals surface area (Å²) in [4.78, 5) is 13.4. The molecule has 0 bridgehead atoms. The molecule has 1 aliphatic heterocycles. The Morgan fingerprint density at radius 2 is 1.81 bits per heavy atom. The summed E-state index contributed by atoms with van der Waals surface area (Å²) in [6.45, 7) is 8.71. The number of amides is 1. The second kappa shape index (κ2) is 6.91. The lowest BCUT2D eigenvalue weighted by Gasteiger charge is -2.36. The predicted molar refractivity (Wildman–Crippen MR) is 78.0 cm³/mol. The van der Waals surface area contributed by atoms with Gasteiger partial charge in [0.25, 0.3) is 0 Å². The van der Waals surface area contributed by atoms with Gasteiger partial charge in [0, 0.05) is 32.7 Å². The number of β-amino-alcohol motifs (C(OH)–C–C–N with tert-alkyl or cyclic N) is 1. The van der Waals surface area contributed by atoms with Crippen LogP contribution in [0.1, 0.15) is 27.7 Å². The van der Waals surface area contributed by atoms with Gasteiger partial charge in [-0.1, -0.05) is 0 Å². The summed E-state index contributed by atoms with van der Waals surface area (Å²) in [5.41, 5.74) is -0.819. The SMILES string of the molecule is CC(C)OC(=O)NS(=O)(=O)N1CCN(CC(C)(C)O)CC1. The number of carbonyl (C=O) groups excluding carboxylic acids is 1. The first-order chi connectivity index (χ1) is 9.49. The molecule has 1 aliphatic rings. The highest BCUT2D eigenvalue weighted by Gasteiger charge is 2.30. The van der Waals surface area contributed by atoms with Crippen molar-refractivity contribution in [3.63, 3.8) is 0 Å². The number of hydrogen-bond acceptors (Lipinski definition) is 6. The minimum absolute atomic E-state index is 0.264. The van der Waals surface area contributed by atoms with Crippen LogP contribution in [0.15, 0.2) is 0 Å². The first-order valence-electron chi connectivity index (χ1n) is 6.93. The number of aliphatic hydroxyl groups is 1. The Kier molecular flexibility index (Phi) is 5.97. The van der Waals surface area contributed by atoms with Crippen LogP contribution in [0.5, 0.6) is 0 Å². The molecule has 0 aliphatic carbocycles. The fourth-order valence-electron chi connectivity index (χ4n) is 2.08. The Morgan fingerprint density at radius 1 is 1.29 bits per heavy atom. The minimum Gasteiger partial charge on any atom is -0.446 e. The van der Waals surface area contributed by atoms with Crippen molar-refractivity contribution in [1.29, 1.82) is 0 Å². The number of carbonyl (C=O) groups is 1. The van der Waals surface area contributed by atoms with Crippen molar-refractivity contribution >= 4 is 16.3 Å². The molecule has 1 amide bonds. The van der Waals surface area contributed by atoms with Crippen molar-refractivity contribution in [2.24, 2.45) is 0 Å². The topological polar surface area (TPSA) is 99.2 Å². The molecule has 1 rings (SSSR count). The van der Waals surface area contributed by atoms with Crippen LogP contribution in [0.2, 0.25) is 0 Å². The largest absolute Gasteiger partial charge is 0.446 e. The maximum Gasteiger partial charge on any atom is 0.422 e. The van der Waals surface area contributed by atoms with Gasteiger partial charge < -0.3 is 9.84 Å². The molecular formula is C12H25N3O5S. The average Bonchev–Trinajstić information content (AvgIpc) is 2.25. The molecule has 0 saturated carbocycles. The molecule has 2 N–H and O–H groups in total. The monoisotopic (exact) mass is 323 g/mol. The lowest BCUT2D eigenvalue weighted by molar-refractivity contribution is 0.0262. The Balaban J connectivity index is 2.51. The van der Waals surface area contributed by atoms with Crippen molar-refractivity contribution in [2.45, 2.75) is 39.4 Å². The van der Waals surface area contributed by atoms with Gasteiger partial charge in [0.1, 0.15) is 0 Å². The van der Waals surface area contributed by atoms with Crippen molar-refractivity contribution in [3.8, 4) is 0 Å². The third-order valence-electron chi connectivity index (χ3n) is 2.84. The molecule has 1 saturated heterocycles. The van der Waals surface area contributed by atoms with E-state index in [9.17, 15) is 18.3 Å². The molecule has 124 valence electrons. The van der Waals surface area contributed by atoms with Gasteiger partial charge in [-0.15, -0.1) is 0 Å². The summed E-state index contributed by atoms with van der Waals surface area (Å²) in [6, 6.07) is 0. The molecule has 0 aromatic heterocycles. The lowest BCUT2D eigenvalue weighted by atomic mass is 10.1. The number of nitrogens with one attached hydrogen (secondary N) is 1. The average molecular weight is 323 g/mol. The van der Waals surface area contributed by atoms with Crippen LogP contribution in [-0.2, 0) is 14.9 Å². The summed E-state index contributed by atoms with van der Waals surface area (Å²) >= 11 is 0. The zero-order chi connectivity index (χ0) is 16.3. The van der Waals surface area contributed by atoms with E-state index in [2.05, 4.69) is 0 Å². The van der Waals surface area contributed by atoms with Crippen molar-refractivity contribution in [1.82, 2.24) is 13.9 Å². The van der Waals surface area contributed by atoms with Gasteiger partial charge in [-0.05, 0) is 27.7 Å². The smallest absolute Gasteiger partial charge is 0.422 e.